The summed E-state index contributed by atoms with van der Waals surface area (Å²) in [6.07, 6.45) is 2.00. The first-order chi connectivity index (χ1) is 14.0. The van der Waals surface area contributed by atoms with Crippen LogP contribution in [-0.2, 0) is 4.79 Å². The molecule has 0 aliphatic carbocycles. The molecule has 0 radical (unpaired) electrons. The van der Waals surface area contributed by atoms with Crippen molar-refractivity contribution in [2.75, 3.05) is 13.2 Å². The van der Waals surface area contributed by atoms with E-state index in [1.54, 1.807) is 24.3 Å². The van der Waals surface area contributed by atoms with Crippen molar-refractivity contribution in [2.24, 2.45) is 0 Å². The molecule has 3 aromatic rings. The lowest BCUT2D eigenvalue weighted by atomic mass is 10.0. The van der Waals surface area contributed by atoms with Crippen LogP contribution in [0.25, 0.3) is 10.9 Å². The first kappa shape index (κ1) is 19.2. The van der Waals surface area contributed by atoms with Crippen molar-refractivity contribution in [3.8, 4) is 5.75 Å². The first-order valence-electron chi connectivity index (χ1n) is 9.13. The van der Waals surface area contributed by atoms with Gasteiger partial charge in [-0.25, -0.2) is 0 Å². The summed E-state index contributed by atoms with van der Waals surface area (Å²) in [6.45, 7) is 0.268. The van der Waals surface area contributed by atoms with E-state index < -0.39 is 5.91 Å². The van der Waals surface area contributed by atoms with E-state index in [0.29, 0.717) is 23.9 Å². The van der Waals surface area contributed by atoms with Gasteiger partial charge in [-0.05, 0) is 30.3 Å². The van der Waals surface area contributed by atoms with Crippen LogP contribution in [0.15, 0.2) is 57.9 Å². The van der Waals surface area contributed by atoms with Crippen molar-refractivity contribution in [1.29, 1.82) is 0 Å². The molecule has 7 nitrogen and oxygen atoms in total. The molecular formula is C21H18BrN3O4. The van der Waals surface area contributed by atoms with Crippen LogP contribution in [0.1, 0.15) is 28.4 Å². The molecule has 0 saturated heterocycles. The maximum absolute atomic E-state index is 12.5. The lowest BCUT2D eigenvalue weighted by molar-refractivity contribution is -0.121. The fourth-order valence-electron chi connectivity index (χ4n) is 3.35. The summed E-state index contributed by atoms with van der Waals surface area (Å²) in [6, 6.07) is 12.4. The summed E-state index contributed by atoms with van der Waals surface area (Å²) in [5.74, 6) is -0.202. The molecule has 4 rings (SSSR count). The maximum Gasteiger partial charge on any atom is 0.257 e. The molecule has 3 N–H and O–H groups in total. The fraction of sp³-hybridized carbons (Fsp3) is 0.190. The Morgan fingerprint density at radius 1 is 1.21 bits per heavy atom. The smallest absolute Gasteiger partial charge is 0.257 e. The van der Waals surface area contributed by atoms with Gasteiger partial charge in [0.2, 0.25) is 11.3 Å². The number of benzene rings is 2. The summed E-state index contributed by atoms with van der Waals surface area (Å²) >= 11 is 3.43. The average molecular weight is 456 g/mol. The number of aromatic amines is 1. The number of nitrogens with one attached hydrogen (secondary N) is 3. The van der Waals surface area contributed by atoms with Crippen LogP contribution in [-0.4, -0.2) is 29.9 Å². The Hall–Kier alpha value is -3.13. The standard InChI is InChI=1S/C21H18BrN3O4/c22-12-5-6-18-14(9-12)17(7-8-29-18)25-19(26)11-24-21(28)15-10-23-16-4-2-1-3-13(16)20(15)27/h1-6,9-10,17H,7-8,11H2,(H,23,27)(H,24,28)(H,25,26). The van der Waals surface area contributed by atoms with E-state index in [2.05, 4.69) is 31.5 Å². The Labute approximate surface area is 174 Å². The number of pyridine rings is 1. The minimum atomic E-state index is -0.595. The zero-order valence-corrected chi connectivity index (χ0v) is 16.9. The predicted molar refractivity (Wildman–Crippen MR) is 112 cm³/mol. The highest BCUT2D eigenvalue weighted by atomic mass is 79.9. The van der Waals surface area contributed by atoms with Gasteiger partial charge in [-0.1, -0.05) is 28.1 Å². The van der Waals surface area contributed by atoms with Crippen molar-refractivity contribution in [3.63, 3.8) is 0 Å². The molecule has 8 heteroatoms. The molecule has 1 aromatic heterocycles. The van der Waals surface area contributed by atoms with Crippen LogP contribution in [0.4, 0.5) is 0 Å². The van der Waals surface area contributed by atoms with Crippen LogP contribution >= 0.6 is 15.9 Å². The van der Waals surface area contributed by atoms with Crippen LogP contribution in [0.2, 0.25) is 0 Å². The lowest BCUT2D eigenvalue weighted by Crippen LogP contribution is -2.40. The van der Waals surface area contributed by atoms with Crippen molar-refractivity contribution < 1.29 is 14.3 Å². The van der Waals surface area contributed by atoms with E-state index in [-0.39, 0.29) is 29.5 Å². The number of carbonyl (C=O) groups excluding carboxylic acids is 2. The van der Waals surface area contributed by atoms with E-state index in [4.69, 9.17) is 4.74 Å². The SMILES string of the molecule is O=C(CNC(=O)c1c[nH]c2ccccc2c1=O)NC1CCOc2ccc(Br)cc21. The molecule has 2 aromatic carbocycles. The van der Waals surface area contributed by atoms with Crippen LogP contribution < -0.4 is 20.8 Å². The van der Waals surface area contributed by atoms with Gasteiger partial charge in [0.25, 0.3) is 5.91 Å². The number of fused-ring (bicyclic) bond motifs is 2. The van der Waals surface area contributed by atoms with E-state index in [0.717, 1.165) is 15.8 Å². The number of halogens is 1. The highest BCUT2D eigenvalue weighted by Gasteiger charge is 2.23. The zero-order valence-electron chi connectivity index (χ0n) is 15.3. The van der Waals surface area contributed by atoms with Crippen LogP contribution in [0.5, 0.6) is 5.75 Å². The number of ether oxygens (including phenoxy) is 1. The van der Waals surface area contributed by atoms with E-state index >= 15 is 0 Å². The Balaban J connectivity index is 1.42. The predicted octanol–water partition coefficient (Wildman–Crippen LogP) is 2.66. The number of para-hydroxylation sites is 1. The van der Waals surface area contributed by atoms with Crippen molar-refractivity contribution in [1.82, 2.24) is 15.6 Å². The van der Waals surface area contributed by atoms with Gasteiger partial charge in [-0.3, -0.25) is 14.4 Å². The van der Waals surface area contributed by atoms with Gasteiger partial charge in [0.05, 0.1) is 19.2 Å². The molecular weight excluding hydrogens is 438 g/mol. The van der Waals surface area contributed by atoms with Gasteiger partial charge in [0, 0.05) is 33.6 Å². The molecule has 1 atom stereocenters. The minimum Gasteiger partial charge on any atom is -0.493 e. The molecule has 2 heterocycles. The maximum atomic E-state index is 12.5. The summed E-state index contributed by atoms with van der Waals surface area (Å²) in [5, 5.41) is 5.86. The summed E-state index contributed by atoms with van der Waals surface area (Å²) in [7, 11) is 0. The van der Waals surface area contributed by atoms with Gasteiger partial charge >= 0.3 is 0 Å². The monoisotopic (exact) mass is 455 g/mol. The molecule has 0 fully saturated rings. The van der Waals surface area contributed by atoms with Gasteiger partial charge < -0.3 is 20.4 Å². The second-order valence-corrected chi connectivity index (χ2v) is 7.61. The molecule has 1 unspecified atom stereocenters. The highest BCUT2D eigenvalue weighted by molar-refractivity contribution is 9.10. The second-order valence-electron chi connectivity index (χ2n) is 6.70. The van der Waals surface area contributed by atoms with Crippen molar-refractivity contribution >= 4 is 38.6 Å². The number of hydrogen-bond acceptors (Lipinski definition) is 4. The van der Waals surface area contributed by atoms with Gasteiger partial charge in [0.1, 0.15) is 11.3 Å². The van der Waals surface area contributed by atoms with Crippen molar-refractivity contribution in [3.05, 3.63) is 74.5 Å². The number of carbonyl (C=O) groups is 2. The zero-order chi connectivity index (χ0) is 20.4. The average Bonchev–Trinajstić information content (AvgIpc) is 2.73. The molecule has 148 valence electrons. The fourth-order valence-corrected chi connectivity index (χ4v) is 3.73. The summed E-state index contributed by atoms with van der Waals surface area (Å²) in [4.78, 5) is 40.2. The quantitative estimate of drug-likeness (QED) is 0.562. The highest BCUT2D eigenvalue weighted by Crippen LogP contribution is 2.33. The number of H-pyrrole nitrogens is 1. The normalized spacial score (nSPS) is 15.3. The number of hydrogen-bond donors (Lipinski definition) is 3. The van der Waals surface area contributed by atoms with Crippen LogP contribution in [0.3, 0.4) is 0 Å². The summed E-state index contributed by atoms with van der Waals surface area (Å²) < 4.78 is 6.51. The van der Waals surface area contributed by atoms with E-state index in [1.165, 1.54) is 6.20 Å². The molecule has 29 heavy (non-hydrogen) atoms. The van der Waals surface area contributed by atoms with E-state index in [9.17, 15) is 14.4 Å². The van der Waals surface area contributed by atoms with Gasteiger partial charge in [0.15, 0.2) is 0 Å². The third-order valence-corrected chi connectivity index (χ3v) is 5.28. The van der Waals surface area contributed by atoms with Gasteiger partial charge in [-0.15, -0.1) is 0 Å². The summed E-state index contributed by atoms with van der Waals surface area (Å²) in [5.41, 5.74) is 1.13. The Kier molecular flexibility index (Phi) is 5.35. The third kappa shape index (κ3) is 4.02. The molecule has 0 saturated carbocycles. The van der Waals surface area contributed by atoms with Gasteiger partial charge in [-0.2, -0.15) is 0 Å². The molecule has 0 bridgehead atoms. The molecule has 2 amide bonds. The second kappa shape index (κ2) is 8.08. The number of aromatic nitrogens is 1. The molecule has 1 aliphatic heterocycles. The largest absolute Gasteiger partial charge is 0.493 e. The van der Waals surface area contributed by atoms with Crippen molar-refractivity contribution in [2.45, 2.75) is 12.5 Å². The third-order valence-electron chi connectivity index (χ3n) is 4.79. The van der Waals surface area contributed by atoms with E-state index in [1.807, 2.05) is 18.2 Å². The Morgan fingerprint density at radius 2 is 2.03 bits per heavy atom. The Bertz CT molecular complexity index is 1160. The number of amides is 2. The first-order valence-corrected chi connectivity index (χ1v) is 9.92. The lowest BCUT2D eigenvalue weighted by Gasteiger charge is -2.27. The molecule has 0 spiro atoms. The topological polar surface area (TPSA) is 100 Å². The Morgan fingerprint density at radius 3 is 2.90 bits per heavy atom. The minimum absolute atomic E-state index is 0.0307. The number of rotatable bonds is 4. The molecule has 1 aliphatic rings. The van der Waals surface area contributed by atoms with Crippen LogP contribution in [0, 0.1) is 0 Å².